The van der Waals surface area contributed by atoms with Gasteiger partial charge in [0.2, 0.25) is 5.95 Å². The fraction of sp³-hybridized carbons (Fsp3) is 0.167. The van der Waals surface area contributed by atoms with Crippen LogP contribution in [0.15, 0.2) is 21.8 Å². The lowest BCUT2D eigenvalue weighted by Gasteiger charge is -2.02. The zero-order valence-corrected chi connectivity index (χ0v) is 13.5. The maximum absolute atomic E-state index is 13.8. The van der Waals surface area contributed by atoms with Crippen molar-refractivity contribution < 1.29 is 4.39 Å². The molecule has 2 N–H and O–H groups in total. The molecular weight excluding hydrogens is 359 g/mol. The fourth-order valence-corrected chi connectivity index (χ4v) is 2.80. The van der Waals surface area contributed by atoms with Crippen molar-refractivity contribution in [2.75, 3.05) is 12.0 Å². The first-order chi connectivity index (χ1) is 9.99. The molecule has 1 aromatic carbocycles. The van der Waals surface area contributed by atoms with E-state index in [1.807, 2.05) is 6.26 Å². The standard InChI is InChI=1S/C12H10BrFN6S/c1-5-3-7(13)6(4-8(5)14)9-16-11-18-12(21-2)17-10(15)20(11)19-9/h3-4H,1-2H3,(H2,15,16,17,18,19). The van der Waals surface area contributed by atoms with E-state index in [-0.39, 0.29) is 11.8 Å². The zero-order valence-electron chi connectivity index (χ0n) is 11.1. The van der Waals surface area contributed by atoms with Crippen molar-refractivity contribution in [3.63, 3.8) is 0 Å². The summed E-state index contributed by atoms with van der Waals surface area (Å²) in [5.74, 6) is 0.525. The highest BCUT2D eigenvalue weighted by molar-refractivity contribution is 9.10. The highest BCUT2D eigenvalue weighted by Gasteiger charge is 2.15. The summed E-state index contributed by atoms with van der Waals surface area (Å²) in [7, 11) is 0. The second kappa shape index (κ2) is 5.23. The number of hydrogen-bond acceptors (Lipinski definition) is 6. The van der Waals surface area contributed by atoms with Crippen molar-refractivity contribution in [2.45, 2.75) is 12.1 Å². The van der Waals surface area contributed by atoms with E-state index in [0.29, 0.717) is 32.4 Å². The van der Waals surface area contributed by atoms with E-state index in [9.17, 15) is 4.39 Å². The predicted octanol–water partition coefficient (Wildman–Crippen LogP) is 2.70. The molecule has 3 rings (SSSR count). The molecule has 0 spiro atoms. The Balaban J connectivity index is 2.22. The molecule has 3 aromatic rings. The van der Waals surface area contributed by atoms with Gasteiger partial charge in [0.15, 0.2) is 11.0 Å². The lowest BCUT2D eigenvalue weighted by Crippen LogP contribution is -2.04. The Morgan fingerprint density at radius 3 is 2.76 bits per heavy atom. The fourth-order valence-electron chi connectivity index (χ4n) is 1.81. The minimum atomic E-state index is -0.323. The molecule has 0 amide bonds. The summed E-state index contributed by atoms with van der Waals surface area (Å²) in [5.41, 5.74) is 6.90. The molecule has 2 aromatic heterocycles. The van der Waals surface area contributed by atoms with Gasteiger partial charge in [-0.3, -0.25) is 0 Å². The average Bonchev–Trinajstić information content (AvgIpc) is 2.87. The highest BCUT2D eigenvalue weighted by atomic mass is 79.9. The number of hydrogen-bond donors (Lipinski definition) is 1. The van der Waals surface area contributed by atoms with Crippen LogP contribution in [0.25, 0.3) is 17.2 Å². The summed E-state index contributed by atoms with van der Waals surface area (Å²) in [5, 5.41) is 4.75. The molecule has 21 heavy (non-hydrogen) atoms. The van der Waals surface area contributed by atoms with Crippen molar-refractivity contribution in [3.05, 3.63) is 28.0 Å². The van der Waals surface area contributed by atoms with Gasteiger partial charge in [-0.05, 0) is 30.9 Å². The SMILES string of the molecule is CSc1nc(N)n2nc(-c3cc(F)c(C)cc3Br)nc2n1. The van der Waals surface area contributed by atoms with Gasteiger partial charge in [-0.15, -0.1) is 5.10 Å². The predicted molar refractivity (Wildman–Crippen MR) is 82.6 cm³/mol. The molecular formula is C12H10BrFN6S. The number of benzene rings is 1. The average molecular weight is 369 g/mol. The quantitative estimate of drug-likeness (QED) is 0.700. The molecule has 6 nitrogen and oxygen atoms in total. The number of aromatic nitrogens is 5. The Hall–Kier alpha value is -1.74. The van der Waals surface area contributed by atoms with E-state index < -0.39 is 0 Å². The number of nitrogens with two attached hydrogens (primary N) is 1. The van der Waals surface area contributed by atoms with Crippen LogP contribution in [0.3, 0.4) is 0 Å². The second-order valence-corrected chi connectivity index (χ2v) is 5.92. The summed E-state index contributed by atoms with van der Waals surface area (Å²) in [6.45, 7) is 1.69. The second-order valence-electron chi connectivity index (χ2n) is 4.30. The number of nitrogen functional groups attached to an aromatic ring is 1. The number of thioether (sulfide) groups is 1. The van der Waals surface area contributed by atoms with E-state index in [2.05, 4.69) is 36.0 Å². The molecule has 0 saturated heterocycles. The molecule has 0 atom stereocenters. The Morgan fingerprint density at radius 1 is 1.29 bits per heavy atom. The minimum absolute atomic E-state index is 0.187. The van der Waals surface area contributed by atoms with Crippen molar-refractivity contribution >= 4 is 39.4 Å². The molecule has 0 bridgehead atoms. The molecule has 0 saturated carbocycles. The number of aryl methyl sites for hydroxylation is 1. The van der Waals surface area contributed by atoms with Crippen molar-refractivity contribution in [3.8, 4) is 11.4 Å². The molecule has 0 aliphatic rings. The largest absolute Gasteiger partial charge is 0.368 e. The number of nitrogens with zero attached hydrogens (tertiary/aromatic N) is 5. The molecule has 0 unspecified atom stereocenters. The van der Waals surface area contributed by atoms with Gasteiger partial charge < -0.3 is 5.73 Å². The van der Waals surface area contributed by atoms with Crippen LogP contribution in [0.2, 0.25) is 0 Å². The summed E-state index contributed by atoms with van der Waals surface area (Å²) in [4.78, 5) is 12.6. The lowest BCUT2D eigenvalue weighted by molar-refractivity contribution is 0.618. The number of fused-ring (bicyclic) bond motifs is 1. The molecule has 9 heteroatoms. The van der Waals surface area contributed by atoms with E-state index in [1.165, 1.54) is 22.3 Å². The monoisotopic (exact) mass is 368 g/mol. The Bertz CT molecular complexity index is 849. The van der Waals surface area contributed by atoms with Crippen LogP contribution in [0, 0.1) is 12.7 Å². The Labute approximate surface area is 132 Å². The molecule has 0 radical (unpaired) electrons. The zero-order chi connectivity index (χ0) is 15.1. The smallest absolute Gasteiger partial charge is 0.258 e. The van der Waals surface area contributed by atoms with Gasteiger partial charge >= 0.3 is 0 Å². The summed E-state index contributed by atoms with van der Waals surface area (Å²) < 4.78 is 15.8. The van der Waals surface area contributed by atoms with Gasteiger partial charge in [0.25, 0.3) is 5.78 Å². The van der Waals surface area contributed by atoms with Gasteiger partial charge in [0, 0.05) is 10.0 Å². The Morgan fingerprint density at radius 2 is 2.05 bits per heavy atom. The minimum Gasteiger partial charge on any atom is -0.368 e. The van der Waals surface area contributed by atoms with Crippen LogP contribution in [0.5, 0.6) is 0 Å². The topological polar surface area (TPSA) is 82.0 Å². The van der Waals surface area contributed by atoms with Crippen molar-refractivity contribution in [1.82, 2.24) is 24.6 Å². The van der Waals surface area contributed by atoms with E-state index >= 15 is 0 Å². The normalized spacial score (nSPS) is 11.2. The first-order valence-electron chi connectivity index (χ1n) is 5.90. The third kappa shape index (κ3) is 2.46. The van der Waals surface area contributed by atoms with E-state index in [4.69, 9.17) is 5.73 Å². The van der Waals surface area contributed by atoms with Crippen LogP contribution in [0.4, 0.5) is 10.3 Å². The van der Waals surface area contributed by atoms with Gasteiger partial charge in [-0.25, -0.2) is 4.39 Å². The van der Waals surface area contributed by atoms with E-state index in [0.717, 1.165) is 0 Å². The van der Waals surface area contributed by atoms with Crippen molar-refractivity contribution in [2.24, 2.45) is 0 Å². The van der Waals surface area contributed by atoms with E-state index in [1.54, 1.807) is 13.0 Å². The van der Waals surface area contributed by atoms with Crippen LogP contribution < -0.4 is 5.73 Å². The van der Waals surface area contributed by atoms with Gasteiger partial charge in [-0.2, -0.15) is 19.5 Å². The molecule has 0 aliphatic carbocycles. The van der Waals surface area contributed by atoms with Gasteiger partial charge in [-0.1, -0.05) is 27.7 Å². The maximum atomic E-state index is 13.8. The third-order valence-corrected chi connectivity index (χ3v) is 4.09. The summed E-state index contributed by atoms with van der Waals surface area (Å²) in [6.07, 6.45) is 1.84. The summed E-state index contributed by atoms with van der Waals surface area (Å²) >= 11 is 4.75. The molecule has 2 heterocycles. The maximum Gasteiger partial charge on any atom is 0.258 e. The summed E-state index contributed by atoms with van der Waals surface area (Å²) in [6, 6.07) is 3.06. The Kier molecular flexibility index (Phi) is 3.54. The lowest BCUT2D eigenvalue weighted by atomic mass is 10.1. The number of halogens is 2. The van der Waals surface area contributed by atoms with Gasteiger partial charge in [0.05, 0.1) is 0 Å². The first kappa shape index (κ1) is 14.2. The molecule has 0 aliphatic heterocycles. The molecule has 108 valence electrons. The highest BCUT2D eigenvalue weighted by Crippen LogP contribution is 2.29. The van der Waals surface area contributed by atoms with Crippen molar-refractivity contribution in [1.29, 1.82) is 0 Å². The first-order valence-corrected chi connectivity index (χ1v) is 7.91. The third-order valence-electron chi connectivity index (χ3n) is 2.88. The number of anilines is 1. The van der Waals surface area contributed by atoms with Crippen LogP contribution in [-0.2, 0) is 0 Å². The number of rotatable bonds is 2. The van der Waals surface area contributed by atoms with Crippen LogP contribution in [0.1, 0.15) is 5.56 Å². The van der Waals surface area contributed by atoms with Crippen LogP contribution in [-0.4, -0.2) is 30.8 Å². The van der Waals surface area contributed by atoms with Gasteiger partial charge in [0.1, 0.15) is 5.82 Å². The molecule has 0 fully saturated rings. The van der Waals surface area contributed by atoms with Crippen LogP contribution >= 0.6 is 27.7 Å².